The van der Waals surface area contributed by atoms with Crippen LogP contribution < -0.4 is 10.0 Å². The lowest BCUT2D eigenvalue weighted by atomic mass is 10.3. The van der Waals surface area contributed by atoms with E-state index in [9.17, 15) is 8.42 Å². The van der Waals surface area contributed by atoms with Crippen molar-refractivity contribution in [3.8, 4) is 0 Å². The number of nitrogens with one attached hydrogen (secondary N) is 2. The molecule has 0 bridgehead atoms. The minimum absolute atomic E-state index is 0.0664. The highest BCUT2D eigenvalue weighted by Crippen LogP contribution is 2.05. The fraction of sp³-hybridized carbons (Fsp3) is 0.769. The van der Waals surface area contributed by atoms with Crippen molar-refractivity contribution in [3.05, 3.63) is 17.8 Å². The molecule has 0 aliphatic heterocycles. The monoisotopic (exact) mass is 318 g/mol. The SMILES string of the molecule is CCc1cnc(CNS(=O)(=O)N(C)CCCNC(C)C)o1. The van der Waals surface area contributed by atoms with Gasteiger partial charge >= 0.3 is 0 Å². The molecule has 0 amide bonds. The van der Waals surface area contributed by atoms with Crippen LogP contribution in [0.5, 0.6) is 0 Å². The Bertz CT molecular complexity index is 513. The Morgan fingerprint density at radius 1 is 1.43 bits per heavy atom. The van der Waals surface area contributed by atoms with E-state index in [2.05, 4.69) is 28.9 Å². The molecular weight excluding hydrogens is 292 g/mol. The fourth-order valence-electron chi connectivity index (χ4n) is 1.67. The van der Waals surface area contributed by atoms with Crippen LogP contribution in [0.2, 0.25) is 0 Å². The lowest BCUT2D eigenvalue weighted by Crippen LogP contribution is -2.39. The van der Waals surface area contributed by atoms with E-state index in [1.165, 1.54) is 4.31 Å². The first-order chi connectivity index (χ1) is 9.85. The van der Waals surface area contributed by atoms with Crippen molar-refractivity contribution in [2.24, 2.45) is 0 Å². The molecule has 1 aromatic heterocycles. The van der Waals surface area contributed by atoms with Crippen molar-refractivity contribution >= 4 is 10.2 Å². The molecule has 21 heavy (non-hydrogen) atoms. The lowest BCUT2D eigenvalue weighted by Gasteiger charge is -2.17. The van der Waals surface area contributed by atoms with Crippen LogP contribution in [-0.4, -0.2) is 43.9 Å². The largest absolute Gasteiger partial charge is 0.444 e. The molecule has 0 aromatic carbocycles. The minimum atomic E-state index is -3.50. The van der Waals surface area contributed by atoms with Crippen molar-refractivity contribution in [3.63, 3.8) is 0 Å². The van der Waals surface area contributed by atoms with Crippen molar-refractivity contribution in [1.29, 1.82) is 0 Å². The topological polar surface area (TPSA) is 87.5 Å². The van der Waals surface area contributed by atoms with E-state index >= 15 is 0 Å². The first kappa shape index (κ1) is 18.1. The second-order valence-corrected chi connectivity index (χ2v) is 7.05. The summed E-state index contributed by atoms with van der Waals surface area (Å²) in [4.78, 5) is 4.02. The highest BCUT2D eigenvalue weighted by atomic mass is 32.2. The molecule has 0 saturated heterocycles. The van der Waals surface area contributed by atoms with Crippen LogP contribution in [0.15, 0.2) is 10.6 Å². The first-order valence-electron chi connectivity index (χ1n) is 7.23. The van der Waals surface area contributed by atoms with Crippen LogP contribution in [0.3, 0.4) is 0 Å². The third-order valence-corrected chi connectivity index (χ3v) is 4.48. The molecule has 0 saturated carbocycles. The molecule has 0 unspecified atom stereocenters. The Morgan fingerprint density at radius 2 is 2.14 bits per heavy atom. The summed E-state index contributed by atoms with van der Waals surface area (Å²) in [5.74, 6) is 1.13. The van der Waals surface area contributed by atoms with Gasteiger partial charge in [0.25, 0.3) is 10.2 Å². The van der Waals surface area contributed by atoms with Crippen LogP contribution >= 0.6 is 0 Å². The molecule has 0 radical (unpaired) electrons. The second-order valence-electron chi connectivity index (χ2n) is 5.18. The van der Waals surface area contributed by atoms with Gasteiger partial charge in [0.05, 0.1) is 12.7 Å². The van der Waals surface area contributed by atoms with Gasteiger partial charge in [-0.25, -0.2) is 4.98 Å². The summed E-state index contributed by atoms with van der Waals surface area (Å²) < 4.78 is 33.2. The van der Waals surface area contributed by atoms with Crippen LogP contribution in [0.4, 0.5) is 0 Å². The molecule has 1 rings (SSSR count). The Hall–Kier alpha value is -0.960. The number of aryl methyl sites for hydroxylation is 1. The third kappa shape index (κ3) is 6.56. The van der Waals surface area contributed by atoms with Gasteiger partial charge in [0.15, 0.2) is 0 Å². The minimum Gasteiger partial charge on any atom is -0.444 e. The summed E-state index contributed by atoms with van der Waals surface area (Å²) >= 11 is 0. The predicted octanol–water partition coefficient (Wildman–Crippen LogP) is 0.891. The zero-order valence-electron chi connectivity index (χ0n) is 13.2. The second kappa shape index (κ2) is 8.47. The van der Waals surface area contributed by atoms with Gasteiger partial charge in [0.2, 0.25) is 5.89 Å². The van der Waals surface area contributed by atoms with Crippen molar-refractivity contribution in [2.45, 2.75) is 46.2 Å². The average molecular weight is 318 g/mol. The first-order valence-corrected chi connectivity index (χ1v) is 8.67. The molecule has 8 heteroatoms. The molecule has 122 valence electrons. The van der Waals surface area contributed by atoms with E-state index in [4.69, 9.17) is 4.42 Å². The van der Waals surface area contributed by atoms with Gasteiger partial charge in [0.1, 0.15) is 5.76 Å². The van der Waals surface area contributed by atoms with Crippen LogP contribution in [0.25, 0.3) is 0 Å². The zero-order valence-corrected chi connectivity index (χ0v) is 14.0. The Morgan fingerprint density at radius 3 is 2.71 bits per heavy atom. The molecular formula is C13H26N4O3S. The van der Waals surface area contributed by atoms with Crippen LogP contribution in [-0.2, 0) is 23.2 Å². The van der Waals surface area contributed by atoms with Gasteiger partial charge in [-0.15, -0.1) is 0 Å². The van der Waals surface area contributed by atoms with Crippen molar-refractivity contribution < 1.29 is 12.8 Å². The summed E-state index contributed by atoms with van der Waals surface area (Å²) in [6, 6.07) is 0.405. The number of nitrogens with zero attached hydrogens (tertiary/aromatic N) is 2. The lowest BCUT2D eigenvalue weighted by molar-refractivity contribution is 0.424. The third-order valence-electron chi connectivity index (χ3n) is 2.97. The van der Waals surface area contributed by atoms with Gasteiger partial charge in [-0.1, -0.05) is 20.8 Å². The maximum absolute atomic E-state index is 12.0. The fourth-order valence-corrected chi connectivity index (χ4v) is 2.56. The van der Waals surface area contributed by atoms with Gasteiger partial charge in [-0.05, 0) is 13.0 Å². The van der Waals surface area contributed by atoms with Crippen LogP contribution in [0, 0.1) is 0 Å². The molecule has 0 fully saturated rings. The van der Waals surface area contributed by atoms with E-state index in [0.717, 1.165) is 25.1 Å². The van der Waals surface area contributed by atoms with E-state index in [0.29, 0.717) is 18.5 Å². The van der Waals surface area contributed by atoms with Gasteiger partial charge < -0.3 is 9.73 Å². The average Bonchev–Trinajstić information content (AvgIpc) is 2.89. The summed E-state index contributed by atoms with van der Waals surface area (Å²) in [7, 11) is -1.94. The summed E-state index contributed by atoms with van der Waals surface area (Å²) in [6.45, 7) is 7.38. The Labute approximate surface area is 127 Å². The molecule has 0 atom stereocenters. The van der Waals surface area contributed by atoms with Gasteiger partial charge in [-0.2, -0.15) is 17.4 Å². The Balaban J connectivity index is 2.37. The number of oxazole rings is 1. The van der Waals surface area contributed by atoms with Crippen molar-refractivity contribution in [2.75, 3.05) is 20.1 Å². The van der Waals surface area contributed by atoms with Crippen LogP contribution in [0.1, 0.15) is 38.8 Å². The molecule has 0 aliphatic rings. The molecule has 0 spiro atoms. The quantitative estimate of drug-likeness (QED) is 0.626. The molecule has 0 aliphatic carbocycles. The Kier molecular flexibility index (Phi) is 7.30. The molecule has 1 aromatic rings. The number of aromatic nitrogens is 1. The van der Waals surface area contributed by atoms with E-state index in [1.54, 1.807) is 13.2 Å². The standard InChI is InChI=1S/C13H26N4O3S/c1-5-12-9-15-13(20-12)10-16-21(18,19)17(4)8-6-7-14-11(2)3/h9,11,14,16H,5-8,10H2,1-4H3. The predicted molar refractivity (Wildman–Crippen MR) is 82.0 cm³/mol. The number of hydrogen-bond acceptors (Lipinski definition) is 5. The molecule has 2 N–H and O–H groups in total. The van der Waals surface area contributed by atoms with E-state index in [1.807, 2.05) is 6.92 Å². The van der Waals surface area contributed by atoms with Crippen molar-refractivity contribution in [1.82, 2.24) is 19.3 Å². The zero-order chi connectivity index (χ0) is 15.9. The summed E-state index contributed by atoms with van der Waals surface area (Å²) in [5.41, 5.74) is 0. The normalized spacial score (nSPS) is 12.5. The highest BCUT2D eigenvalue weighted by molar-refractivity contribution is 7.87. The van der Waals surface area contributed by atoms with Gasteiger partial charge in [-0.3, -0.25) is 0 Å². The number of rotatable bonds is 10. The maximum atomic E-state index is 12.0. The molecule has 1 heterocycles. The van der Waals surface area contributed by atoms with E-state index in [-0.39, 0.29) is 6.54 Å². The van der Waals surface area contributed by atoms with E-state index < -0.39 is 10.2 Å². The van der Waals surface area contributed by atoms with Gasteiger partial charge in [0, 0.05) is 26.1 Å². The summed E-state index contributed by atoms with van der Waals surface area (Å²) in [6.07, 6.45) is 3.11. The number of hydrogen-bond donors (Lipinski definition) is 2. The summed E-state index contributed by atoms with van der Waals surface area (Å²) in [5, 5.41) is 3.25. The smallest absolute Gasteiger partial charge is 0.279 e. The molecule has 7 nitrogen and oxygen atoms in total. The maximum Gasteiger partial charge on any atom is 0.279 e. The highest BCUT2D eigenvalue weighted by Gasteiger charge is 2.17.